The number of rotatable bonds is 3. The van der Waals surface area contributed by atoms with Crippen molar-refractivity contribution in [3.05, 3.63) is 63.2 Å². The van der Waals surface area contributed by atoms with Gasteiger partial charge in [-0.1, -0.05) is 17.7 Å². The summed E-state index contributed by atoms with van der Waals surface area (Å²) in [5, 5.41) is 3.93. The standard InChI is InChI=1S/C22H20ClFN2O2S/c1-12(2)25-21(27)15-5-3-7-17-14(15)6-4-10-26(17)22(28)20-19(23)16-9-8-13(24)11-18(16)29-20/h3,5,7-9,11-12H,4,6,10H2,1-2H3,(H,25,27). The van der Waals surface area contributed by atoms with Crippen LogP contribution in [0.25, 0.3) is 10.1 Å². The van der Waals surface area contributed by atoms with E-state index in [9.17, 15) is 14.0 Å². The Morgan fingerprint density at radius 2 is 2.03 bits per heavy atom. The molecule has 150 valence electrons. The molecule has 0 spiro atoms. The lowest BCUT2D eigenvalue weighted by molar-refractivity contribution is 0.0938. The first kappa shape index (κ1) is 19.9. The molecular formula is C22H20ClFN2O2S. The molecule has 2 aromatic carbocycles. The van der Waals surface area contributed by atoms with Gasteiger partial charge in [-0.2, -0.15) is 0 Å². The third kappa shape index (κ3) is 3.63. The normalized spacial score (nSPS) is 13.6. The number of halogens is 2. The van der Waals surface area contributed by atoms with E-state index in [1.54, 1.807) is 23.1 Å². The SMILES string of the molecule is CC(C)NC(=O)c1cccc2c1CCCN2C(=O)c1sc2cc(F)ccc2c1Cl. The first-order chi connectivity index (χ1) is 13.9. The quantitative estimate of drug-likeness (QED) is 0.602. The lowest BCUT2D eigenvalue weighted by Gasteiger charge is -2.30. The van der Waals surface area contributed by atoms with E-state index in [0.29, 0.717) is 32.1 Å². The summed E-state index contributed by atoms with van der Waals surface area (Å²) in [6.07, 6.45) is 1.48. The van der Waals surface area contributed by atoms with Gasteiger partial charge in [0.05, 0.1) is 5.02 Å². The Kier molecular flexibility index (Phi) is 5.32. The molecule has 7 heteroatoms. The fourth-order valence-corrected chi connectivity index (χ4v) is 5.17. The van der Waals surface area contributed by atoms with Gasteiger partial charge in [0.25, 0.3) is 11.8 Å². The van der Waals surface area contributed by atoms with E-state index in [4.69, 9.17) is 11.6 Å². The smallest absolute Gasteiger partial charge is 0.269 e. The molecule has 0 aliphatic carbocycles. The van der Waals surface area contributed by atoms with Crippen LogP contribution in [0.1, 0.15) is 45.9 Å². The molecule has 0 saturated carbocycles. The second-order valence-corrected chi connectivity index (χ2v) is 8.81. The molecule has 2 heterocycles. The lowest BCUT2D eigenvalue weighted by Crippen LogP contribution is -2.37. The van der Waals surface area contributed by atoms with E-state index in [0.717, 1.165) is 24.1 Å². The van der Waals surface area contributed by atoms with Crippen molar-refractivity contribution in [2.75, 3.05) is 11.4 Å². The second-order valence-electron chi connectivity index (χ2n) is 7.38. The topological polar surface area (TPSA) is 49.4 Å². The minimum atomic E-state index is -0.362. The highest BCUT2D eigenvalue weighted by Gasteiger charge is 2.29. The molecule has 1 aromatic heterocycles. The highest BCUT2D eigenvalue weighted by Crippen LogP contribution is 2.39. The fraction of sp³-hybridized carbons (Fsp3) is 0.273. The Balaban J connectivity index is 1.74. The molecule has 0 radical (unpaired) electrons. The van der Waals surface area contributed by atoms with Crippen LogP contribution >= 0.6 is 22.9 Å². The molecule has 2 amide bonds. The van der Waals surface area contributed by atoms with Crippen LogP contribution in [0.4, 0.5) is 10.1 Å². The third-order valence-corrected chi connectivity index (χ3v) is 6.59. The predicted octanol–water partition coefficient (Wildman–Crippen LogP) is 5.43. The highest BCUT2D eigenvalue weighted by atomic mass is 35.5. The van der Waals surface area contributed by atoms with Crippen LogP contribution in [-0.2, 0) is 6.42 Å². The van der Waals surface area contributed by atoms with Crippen LogP contribution in [0.2, 0.25) is 5.02 Å². The molecule has 1 aliphatic heterocycles. The molecule has 0 saturated heterocycles. The Morgan fingerprint density at radius 1 is 1.24 bits per heavy atom. The van der Waals surface area contributed by atoms with Crippen LogP contribution in [0.15, 0.2) is 36.4 Å². The molecule has 4 rings (SSSR count). The number of hydrogen-bond acceptors (Lipinski definition) is 3. The van der Waals surface area contributed by atoms with Gasteiger partial charge in [-0.25, -0.2) is 4.39 Å². The van der Waals surface area contributed by atoms with E-state index in [1.165, 1.54) is 23.5 Å². The summed E-state index contributed by atoms with van der Waals surface area (Å²) in [4.78, 5) is 28.0. The van der Waals surface area contributed by atoms with Gasteiger partial charge in [-0.05, 0) is 62.6 Å². The number of fused-ring (bicyclic) bond motifs is 2. The molecule has 3 aromatic rings. The van der Waals surface area contributed by atoms with Crippen molar-refractivity contribution in [2.24, 2.45) is 0 Å². The summed E-state index contributed by atoms with van der Waals surface area (Å²) >= 11 is 7.66. The van der Waals surface area contributed by atoms with Crippen molar-refractivity contribution in [3.8, 4) is 0 Å². The number of thiophene rings is 1. The second kappa shape index (κ2) is 7.76. The van der Waals surface area contributed by atoms with Crippen molar-refractivity contribution >= 4 is 50.5 Å². The Labute approximate surface area is 177 Å². The van der Waals surface area contributed by atoms with Crippen LogP contribution in [-0.4, -0.2) is 24.4 Å². The Bertz CT molecular complexity index is 1130. The van der Waals surface area contributed by atoms with Crippen molar-refractivity contribution in [1.82, 2.24) is 5.32 Å². The number of nitrogens with one attached hydrogen (secondary N) is 1. The summed E-state index contributed by atoms with van der Waals surface area (Å²) in [5.41, 5.74) is 2.20. The molecule has 1 N–H and O–H groups in total. The first-order valence-corrected chi connectivity index (χ1v) is 10.7. The number of nitrogens with zero attached hydrogens (tertiary/aromatic N) is 1. The van der Waals surface area contributed by atoms with Crippen LogP contribution < -0.4 is 10.2 Å². The minimum Gasteiger partial charge on any atom is -0.350 e. The zero-order chi connectivity index (χ0) is 20.7. The molecule has 0 unspecified atom stereocenters. The van der Waals surface area contributed by atoms with Gasteiger partial charge in [-0.15, -0.1) is 11.3 Å². The lowest BCUT2D eigenvalue weighted by atomic mass is 9.95. The summed E-state index contributed by atoms with van der Waals surface area (Å²) in [6.45, 7) is 4.37. The summed E-state index contributed by atoms with van der Waals surface area (Å²) in [7, 11) is 0. The van der Waals surface area contributed by atoms with Gasteiger partial charge in [0.15, 0.2) is 0 Å². The zero-order valence-corrected chi connectivity index (χ0v) is 17.7. The van der Waals surface area contributed by atoms with Gasteiger partial charge in [0.2, 0.25) is 0 Å². The molecule has 0 bridgehead atoms. The van der Waals surface area contributed by atoms with Crippen LogP contribution in [0.3, 0.4) is 0 Å². The van der Waals surface area contributed by atoms with Gasteiger partial charge in [0, 0.05) is 33.9 Å². The van der Waals surface area contributed by atoms with Crippen molar-refractivity contribution < 1.29 is 14.0 Å². The zero-order valence-electron chi connectivity index (χ0n) is 16.1. The van der Waals surface area contributed by atoms with E-state index < -0.39 is 0 Å². The number of amides is 2. The minimum absolute atomic E-state index is 0.0254. The number of hydrogen-bond donors (Lipinski definition) is 1. The molecule has 0 fully saturated rings. The van der Waals surface area contributed by atoms with Crippen LogP contribution in [0, 0.1) is 5.82 Å². The summed E-state index contributed by atoms with van der Waals surface area (Å²) in [5.74, 6) is -0.723. The third-order valence-electron chi connectivity index (χ3n) is 4.95. The van der Waals surface area contributed by atoms with Crippen molar-refractivity contribution in [3.63, 3.8) is 0 Å². The molecule has 1 aliphatic rings. The largest absolute Gasteiger partial charge is 0.350 e. The van der Waals surface area contributed by atoms with E-state index in [2.05, 4.69) is 5.32 Å². The van der Waals surface area contributed by atoms with Crippen molar-refractivity contribution in [1.29, 1.82) is 0 Å². The number of carbonyl (C=O) groups is 2. The number of carbonyl (C=O) groups excluding carboxylic acids is 2. The van der Waals surface area contributed by atoms with E-state index >= 15 is 0 Å². The molecule has 0 atom stereocenters. The maximum Gasteiger partial charge on any atom is 0.269 e. The van der Waals surface area contributed by atoms with E-state index in [1.807, 2.05) is 19.9 Å². The first-order valence-electron chi connectivity index (χ1n) is 9.49. The van der Waals surface area contributed by atoms with Gasteiger partial charge < -0.3 is 10.2 Å². The Morgan fingerprint density at radius 3 is 2.79 bits per heavy atom. The fourth-order valence-electron chi connectivity index (χ4n) is 3.69. The van der Waals surface area contributed by atoms with Gasteiger partial charge >= 0.3 is 0 Å². The van der Waals surface area contributed by atoms with Gasteiger partial charge in [-0.3, -0.25) is 9.59 Å². The molecular weight excluding hydrogens is 411 g/mol. The number of anilines is 1. The average molecular weight is 431 g/mol. The molecule has 4 nitrogen and oxygen atoms in total. The summed E-state index contributed by atoms with van der Waals surface area (Å²) < 4.78 is 14.2. The van der Waals surface area contributed by atoms with Crippen molar-refractivity contribution in [2.45, 2.75) is 32.7 Å². The highest BCUT2D eigenvalue weighted by molar-refractivity contribution is 7.21. The van der Waals surface area contributed by atoms with Gasteiger partial charge in [0.1, 0.15) is 10.7 Å². The predicted molar refractivity (Wildman–Crippen MR) is 116 cm³/mol. The monoisotopic (exact) mass is 430 g/mol. The van der Waals surface area contributed by atoms with Crippen LogP contribution in [0.5, 0.6) is 0 Å². The number of benzene rings is 2. The maximum atomic E-state index is 13.6. The Hall–Kier alpha value is -2.44. The molecule has 29 heavy (non-hydrogen) atoms. The average Bonchev–Trinajstić information content (AvgIpc) is 3.01. The van der Waals surface area contributed by atoms with E-state index in [-0.39, 0.29) is 23.7 Å². The summed E-state index contributed by atoms with van der Waals surface area (Å²) in [6, 6.07) is 9.79. The maximum absolute atomic E-state index is 13.6.